The van der Waals surface area contributed by atoms with Gasteiger partial charge in [-0.15, -0.1) is 0 Å². The molecule has 0 saturated heterocycles. The normalized spacial score (nSPS) is 14.5. The third-order valence-corrected chi connectivity index (χ3v) is 3.89. The molecule has 0 aromatic heterocycles. The molecular weight excluding hydrogens is 292 g/mol. The van der Waals surface area contributed by atoms with Crippen LogP contribution in [0.1, 0.15) is 48.9 Å². The molecule has 1 aromatic carbocycles. The number of hydrogen-bond donors (Lipinski definition) is 3. The van der Waals surface area contributed by atoms with Crippen molar-refractivity contribution in [3.8, 4) is 5.75 Å². The van der Waals surface area contributed by atoms with E-state index in [1.807, 2.05) is 0 Å². The van der Waals surface area contributed by atoms with E-state index in [0.717, 1.165) is 24.8 Å². The fourth-order valence-corrected chi connectivity index (χ4v) is 2.54. The SMILES string of the molecule is O=C(NCCCNC(=O)c1ccc(O)cc1)C1=CCCCCC1. The summed E-state index contributed by atoms with van der Waals surface area (Å²) in [6.45, 7) is 1.05. The number of allylic oxidation sites excluding steroid dienone is 1. The second-order valence-electron chi connectivity index (χ2n) is 5.74. The summed E-state index contributed by atoms with van der Waals surface area (Å²) in [4.78, 5) is 23.9. The maximum atomic E-state index is 12.0. The summed E-state index contributed by atoms with van der Waals surface area (Å²) in [5, 5.41) is 14.9. The lowest BCUT2D eigenvalue weighted by Gasteiger charge is -2.08. The van der Waals surface area contributed by atoms with Crippen molar-refractivity contribution in [3.63, 3.8) is 0 Å². The second kappa shape index (κ2) is 8.98. The van der Waals surface area contributed by atoms with Gasteiger partial charge in [0.05, 0.1) is 0 Å². The van der Waals surface area contributed by atoms with Gasteiger partial charge in [0.1, 0.15) is 5.75 Å². The molecule has 0 saturated carbocycles. The summed E-state index contributed by atoms with van der Waals surface area (Å²) in [5.41, 5.74) is 1.41. The molecule has 2 rings (SSSR count). The fraction of sp³-hybridized carbons (Fsp3) is 0.444. The van der Waals surface area contributed by atoms with Crippen molar-refractivity contribution in [3.05, 3.63) is 41.5 Å². The molecule has 1 aliphatic carbocycles. The van der Waals surface area contributed by atoms with E-state index in [0.29, 0.717) is 25.1 Å². The van der Waals surface area contributed by atoms with E-state index in [-0.39, 0.29) is 17.6 Å². The largest absolute Gasteiger partial charge is 0.508 e. The van der Waals surface area contributed by atoms with Gasteiger partial charge < -0.3 is 15.7 Å². The van der Waals surface area contributed by atoms with Gasteiger partial charge in [-0.05, 0) is 56.4 Å². The van der Waals surface area contributed by atoms with Crippen LogP contribution in [0.25, 0.3) is 0 Å². The average molecular weight is 316 g/mol. The molecule has 0 unspecified atom stereocenters. The van der Waals surface area contributed by atoms with Crippen LogP contribution in [0.4, 0.5) is 0 Å². The molecular formula is C18H24N2O3. The van der Waals surface area contributed by atoms with E-state index in [9.17, 15) is 14.7 Å². The summed E-state index contributed by atoms with van der Waals surface area (Å²) in [6, 6.07) is 6.11. The molecule has 0 spiro atoms. The molecule has 0 fully saturated rings. The zero-order valence-corrected chi connectivity index (χ0v) is 13.3. The van der Waals surface area contributed by atoms with Gasteiger partial charge in [0.2, 0.25) is 5.91 Å². The Kier molecular flexibility index (Phi) is 6.66. The Morgan fingerprint density at radius 3 is 2.39 bits per heavy atom. The quantitative estimate of drug-likeness (QED) is 0.706. The highest BCUT2D eigenvalue weighted by Crippen LogP contribution is 2.16. The number of nitrogens with one attached hydrogen (secondary N) is 2. The molecule has 5 heteroatoms. The minimum absolute atomic E-state index is 0.0248. The van der Waals surface area contributed by atoms with Crippen molar-refractivity contribution in [2.45, 2.75) is 38.5 Å². The Balaban J connectivity index is 1.63. The molecule has 0 bridgehead atoms. The lowest BCUT2D eigenvalue weighted by Crippen LogP contribution is -2.30. The molecule has 23 heavy (non-hydrogen) atoms. The number of rotatable bonds is 6. The first-order valence-corrected chi connectivity index (χ1v) is 8.21. The Bertz CT molecular complexity index is 564. The summed E-state index contributed by atoms with van der Waals surface area (Å²) >= 11 is 0. The maximum Gasteiger partial charge on any atom is 0.251 e. The van der Waals surface area contributed by atoms with Crippen molar-refractivity contribution in [1.82, 2.24) is 10.6 Å². The van der Waals surface area contributed by atoms with Crippen LogP contribution in [0, 0.1) is 0 Å². The minimum atomic E-state index is -0.178. The number of carbonyl (C=O) groups excluding carboxylic acids is 2. The standard InChI is InChI=1S/C18H24N2O3/c21-16-10-8-15(9-11-16)18(23)20-13-5-12-19-17(22)14-6-3-1-2-4-7-14/h6,8-11,21H,1-5,7,12-13H2,(H,19,22)(H,20,23). The van der Waals surface area contributed by atoms with Crippen LogP contribution >= 0.6 is 0 Å². The van der Waals surface area contributed by atoms with E-state index in [1.165, 1.54) is 25.0 Å². The average Bonchev–Trinajstić information content (AvgIpc) is 2.84. The highest BCUT2D eigenvalue weighted by Gasteiger charge is 2.10. The number of benzene rings is 1. The van der Waals surface area contributed by atoms with Crippen LogP contribution in [0.2, 0.25) is 0 Å². The monoisotopic (exact) mass is 316 g/mol. The predicted octanol–water partition coefficient (Wildman–Crippen LogP) is 2.52. The molecule has 0 radical (unpaired) electrons. The third kappa shape index (κ3) is 5.77. The van der Waals surface area contributed by atoms with Crippen molar-refractivity contribution in [2.24, 2.45) is 0 Å². The Morgan fingerprint density at radius 2 is 1.65 bits per heavy atom. The maximum absolute atomic E-state index is 12.0. The smallest absolute Gasteiger partial charge is 0.251 e. The molecule has 0 aliphatic heterocycles. The molecule has 0 heterocycles. The number of hydrogen-bond acceptors (Lipinski definition) is 3. The van der Waals surface area contributed by atoms with Gasteiger partial charge >= 0.3 is 0 Å². The van der Waals surface area contributed by atoms with Crippen molar-refractivity contribution >= 4 is 11.8 Å². The van der Waals surface area contributed by atoms with Crippen molar-refractivity contribution in [1.29, 1.82) is 0 Å². The van der Waals surface area contributed by atoms with Gasteiger partial charge in [-0.2, -0.15) is 0 Å². The highest BCUT2D eigenvalue weighted by molar-refractivity contribution is 5.94. The highest BCUT2D eigenvalue weighted by atomic mass is 16.3. The van der Waals surface area contributed by atoms with Crippen LogP contribution in [-0.4, -0.2) is 30.0 Å². The summed E-state index contributed by atoms with van der Waals surface area (Å²) in [6.07, 6.45) is 8.03. The van der Waals surface area contributed by atoms with Crippen LogP contribution in [-0.2, 0) is 4.79 Å². The first-order chi connectivity index (χ1) is 11.2. The topological polar surface area (TPSA) is 78.4 Å². The van der Waals surface area contributed by atoms with Crippen LogP contribution in [0.5, 0.6) is 5.75 Å². The van der Waals surface area contributed by atoms with E-state index in [2.05, 4.69) is 16.7 Å². The zero-order valence-electron chi connectivity index (χ0n) is 13.3. The number of carbonyl (C=O) groups is 2. The fourth-order valence-electron chi connectivity index (χ4n) is 2.54. The second-order valence-corrected chi connectivity index (χ2v) is 5.74. The van der Waals surface area contributed by atoms with Gasteiger partial charge in [0, 0.05) is 24.2 Å². The van der Waals surface area contributed by atoms with E-state index in [1.54, 1.807) is 12.1 Å². The van der Waals surface area contributed by atoms with Gasteiger partial charge in [-0.1, -0.05) is 12.5 Å². The molecule has 5 nitrogen and oxygen atoms in total. The van der Waals surface area contributed by atoms with Gasteiger partial charge in [0.15, 0.2) is 0 Å². The van der Waals surface area contributed by atoms with E-state index in [4.69, 9.17) is 0 Å². The molecule has 3 N–H and O–H groups in total. The summed E-state index contributed by atoms with van der Waals surface area (Å²) in [5.74, 6) is -0.0170. The minimum Gasteiger partial charge on any atom is -0.508 e. The molecule has 0 atom stereocenters. The number of phenols is 1. The molecule has 2 amide bonds. The van der Waals surface area contributed by atoms with E-state index >= 15 is 0 Å². The lowest BCUT2D eigenvalue weighted by atomic mass is 10.1. The Labute approximate surface area is 136 Å². The Hall–Kier alpha value is -2.30. The van der Waals surface area contributed by atoms with Crippen LogP contribution < -0.4 is 10.6 Å². The molecule has 1 aromatic rings. The number of amides is 2. The molecule has 1 aliphatic rings. The lowest BCUT2D eigenvalue weighted by molar-refractivity contribution is -0.117. The van der Waals surface area contributed by atoms with Crippen molar-refractivity contribution < 1.29 is 14.7 Å². The van der Waals surface area contributed by atoms with Crippen molar-refractivity contribution in [2.75, 3.05) is 13.1 Å². The third-order valence-electron chi connectivity index (χ3n) is 3.89. The number of phenolic OH excluding ortho intramolecular Hbond substituents is 1. The van der Waals surface area contributed by atoms with Gasteiger partial charge in [-0.25, -0.2) is 0 Å². The van der Waals surface area contributed by atoms with Crippen LogP contribution in [0.3, 0.4) is 0 Å². The summed E-state index contributed by atoms with van der Waals surface area (Å²) < 4.78 is 0. The Morgan fingerprint density at radius 1 is 0.957 bits per heavy atom. The number of aromatic hydroxyl groups is 1. The zero-order chi connectivity index (χ0) is 16.5. The first-order valence-electron chi connectivity index (χ1n) is 8.21. The van der Waals surface area contributed by atoms with Gasteiger partial charge in [-0.3, -0.25) is 9.59 Å². The molecule has 124 valence electrons. The van der Waals surface area contributed by atoms with E-state index < -0.39 is 0 Å². The first kappa shape index (κ1) is 17.1. The van der Waals surface area contributed by atoms with Crippen LogP contribution in [0.15, 0.2) is 35.9 Å². The van der Waals surface area contributed by atoms with Gasteiger partial charge in [0.25, 0.3) is 5.91 Å². The summed E-state index contributed by atoms with van der Waals surface area (Å²) in [7, 11) is 0. The predicted molar refractivity (Wildman–Crippen MR) is 89.2 cm³/mol.